The van der Waals surface area contributed by atoms with Gasteiger partial charge in [0, 0.05) is 6.42 Å². The SMILES string of the molecule is CSCCC(N)C(=O)NC(C(=O)CC(C(=O)O)C(C)C)C(C)C. The Morgan fingerprint density at radius 2 is 1.70 bits per heavy atom. The molecule has 4 N–H and O–H groups in total. The Kier molecular flexibility index (Phi) is 10.1. The van der Waals surface area contributed by atoms with Gasteiger partial charge in [0.05, 0.1) is 18.0 Å². The smallest absolute Gasteiger partial charge is 0.307 e. The van der Waals surface area contributed by atoms with Gasteiger partial charge in [0.25, 0.3) is 0 Å². The first-order valence-corrected chi connectivity index (χ1v) is 9.31. The van der Waals surface area contributed by atoms with Crippen LogP contribution in [0.5, 0.6) is 0 Å². The van der Waals surface area contributed by atoms with Crippen molar-refractivity contribution in [2.24, 2.45) is 23.5 Å². The van der Waals surface area contributed by atoms with Crippen LogP contribution < -0.4 is 11.1 Å². The van der Waals surface area contributed by atoms with Gasteiger partial charge in [0.1, 0.15) is 0 Å². The Labute approximate surface area is 143 Å². The van der Waals surface area contributed by atoms with Crippen LogP contribution in [0.25, 0.3) is 0 Å². The van der Waals surface area contributed by atoms with Crippen LogP contribution >= 0.6 is 11.8 Å². The minimum atomic E-state index is -0.987. The Morgan fingerprint density at radius 3 is 2.09 bits per heavy atom. The van der Waals surface area contributed by atoms with Crippen LogP contribution in [0.4, 0.5) is 0 Å². The van der Waals surface area contributed by atoms with Gasteiger partial charge in [-0.25, -0.2) is 0 Å². The molecule has 0 fully saturated rings. The van der Waals surface area contributed by atoms with Crippen molar-refractivity contribution in [3.8, 4) is 0 Å². The number of carboxylic acid groups (broad SMARTS) is 1. The second kappa shape index (κ2) is 10.6. The number of aliphatic carboxylic acids is 1. The van der Waals surface area contributed by atoms with E-state index in [0.29, 0.717) is 6.42 Å². The number of thioether (sulfide) groups is 1. The zero-order valence-electron chi connectivity index (χ0n) is 14.7. The molecule has 23 heavy (non-hydrogen) atoms. The van der Waals surface area contributed by atoms with Gasteiger partial charge in [-0.05, 0) is 30.3 Å². The summed E-state index contributed by atoms with van der Waals surface area (Å²) in [6.45, 7) is 7.18. The number of carbonyl (C=O) groups is 3. The molecule has 6 nitrogen and oxygen atoms in total. The molecular formula is C16H30N2O4S. The Balaban J connectivity index is 4.87. The van der Waals surface area contributed by atoms with E-state index in [0.717, 1.165) is 5.75 Å². The molecule has 0 bridgehead atoms. The molecule has 1 amide bonds. The van der Waals surface area contributed by atoms with Crippen molar-refractivity contribution >= 4 is 29.4 Å². The fourth-order valence-corrected chi connectivity index (χ4v) is 2.70. The highest BCUT2D eigenvalue weighted by atomic mass is 32.2. The molecular weight excluding hydrogens is 316 g/mol. The second-order valence-corrected chi connectivity index (χ2v) is 7.46. The highest BCUT2D eigenvalue weighted by molar-refractivity contribution is 7.98. The van der Waals surface area contributed by atoms with E-state index in [-0.39, 0.29) is 29.9 Å². The topological polar surface area (TPSA) is 109 Å². The molecule has 0 aromatic carbocycles. The summed E-state index contributed by atoms with van der Waals surface area (Å²) in [4.78, 5) is 35.8. The number of carboxylic acids is 1. The maximum atomic E-state index is 12.5. The largest absolute Gasteiger partial charge is 0.481 e. The van der Waals surface area contributed by atoms with Gasteiger partial charge in [-0.2, -0.15) is 11.8 Å². The predicted octanol–water partition coefficient (Wildman–Crippen LogP) is 1.52. The van der Waals surface area contributed by atoms with Gasteiger partial charge in [-0.3, -0.25) is 14.4 Å². The third-order valence-corrected chi connectivity index (χ3v) is 4.47. The summed E-state index contributed by atoms with van der Waals surface area (Å²) in [5, 5.41) is 11.9. The van der Waals surface area contributed by atoms with E-state index in [1.54, 1.807) is 25.6 Å². The van der Waals surface area contributed by atoms with E-state index in [9.17, 15) is 19.5 Å². The monoisotopic (exact) mass is 346 g/mol. The minimum Gasteiger partial charge on any atom is -0.481 e. The summed E-state index contributed by atoms with van der Waals surface area (Å²) in [5.41, 5.74) is 5.82. The Morgan fingerprint density at radius 1 is 1.13 bits per heavy atom. The highest BCUT2D eigenvalue weighted by Gasteiger charge is 2.31. The summed E-state index contributed by atoms with van der Waals surface area (Å²) in [7, 11) is 0. The van der Waals surface area contributed by atoms with Gasteiger partial charge >= 0.3 is 5.97 Å². The van der Waals surface area contributed by atoms with E-state index in [4.69, 9.17) is 5.73 Å². The van der Waals surface area contributed by atoms with Gasteiger partial charge in [-0.15, -0.1) is 0 Å². The van der Waals surface area contributed by atoms with Gasteiger partial charge in [-0.1, -0.05) is 27.7 Å². The molecule has 0 aliphatic carbocycles. The third kappa shape index (κ3) is 7.83. The number of nitrogens with one attached hydrogen (secondary N) is 1. The summed E-state index contributed by atoms with van der Waals surface area (Å²) in [5.74, 6) is -1.85. The van der Waals surface area contributed by atoms with E-state index >= 15 is 0 Å². The van der Waals surface area contributed by atoms with Crippen LogP contribution in [-0.4, -0.2) is 46.9 Å². The van der Waals surface area contributed by atoms with Crippen molar-refractivity contribution in [2.75, 3.05) is 12.0 Å². The summed E-state index contributed by atoms with van der Waals surface area (Å²) in [6.07, 6.45) is 2.38. The minimum absolute atomic E-state index is 0.0871. The molecule has 0 heterocycles. The number of hydrogen-bond donors (Lipinski definition) is 3. The first kappa shape index (κ1) is 21.9. The van der Waals surface area contributed by atoms with Crippen LogP contribution in [0.3, 0.4) is 0 Å². The van der Waals surface area contributed by atoms with Crippen LogP contribution in [0.15, 0.2) is 0 Å². The summed E-state index contributed by atoms with van der Waals surface area (Å²) in [6, 6.07) is -1.36. The fourth-order valence-electron chi connectivity index (χ4n) is 2.21. The van der Waals surface area contributed by atoms with Crippen molar-refractivity contribution in [3.63, 3.8) is 0 Å². The maximum absolute atomic E-state index is 12.5. The number of rotatable bonds is 11. The first-order chi connectivity index (χ1) is 10.6. The van der Waals surface area contributed by atoms with Crippen molar-refractivity contribution in [3.05, 3.63) is 0 Å². The standard InChI is InChI=1S/C16H30N2O4S/c1-9(2)11(16(21)22)8-13(19)14(10(3)4)18-15(20)12(17)6-7-23-5/h9-12,14H,6-8,17H2,1-5H3,(H,18,20)(H,21,22). The van der Waals surface area contributed by atoms with E-state index in [2.05, 4.69) is 5.32 Å². The van der Waals surface area contributed by atoms with Crippen molar-refractivity contribution in [2.45, 2.75) is 52.6 Å². The lowest BCUT2D eigenvalue weighted by molar-refractivity contribution is -0.145. The number of hydrogen-bond acceptors (Lipinski definition) is 5. The van der Waals surface area contributed by atoms with Crippen LogP contribution in [-0.2, 0) is 14.4 Å². The first-order valence-electron chi connectivity index (χ1n) is 7.92. The molecule has 3 atom stereocenters. The zero-order valence-corrected chi connectivity index (χ0v) is 15.5. The molecule has 0 saturated carbocycles. The second-order valence-electron chi connectivity index (χ2n) is 6.48. The third-order valence-electron chi connectivity index (χ3n) is 3.82. The number of nitrogens with two attached hydrogens (primary N) is 1. The molecule has 0 saturated heterocycles. The Hall–Kier alpha value is -1.08. The molecule has 0 rings (SSSR count). The molecule has 7 heteroatoms. The molecule has 0 aromatic heterocycles. The predicted molar refractivity (Wildman–Crippen MR) is 93.3 cm³/mol. The van der Waals surface area contributed by atoms with E-state index in [1.807, 2.05) is 20.1 Å². The molecule has 134 valence electrons. The van der Waals surface area contributed by atoms with E-state index < -0.39 is 24.0 Å². The van der Waals surface area contributed by atoms with Crippen molar-refractivity contribution in [1.29, 1.82) is 0 Å². The Bertz CT molecular complexity index is 413. The lowest BCUT2D eigenvalue weighted by atomic mass is 9.86. The molecule has 0 aromatic rings. The lowest BCUT2D eigenvalue weighted by Crippen LogP contribution is -2.51. The number of ketones is 1. The number of amides is 1. The van der Waals surface area contributed by atoms with Gasteiger partial charge < -0.3 is 16.2 Å². The highest BCUT2D eigenvalue weighted by Crippen LogP contribution is 2.18. The molecule has 3 unspecified atom stereocenters. The van der Waals surface area contributed by atoms with Gasteiger partial charge in [0.2, 0.25) is 5.91 Å². The molecule has 0 radical (unpaired) electrons. The normalized spacial score (nSPS) is 15.3. The zero-order chi connectivity index (χ0) is 18.2. The average molecular weight is 346 g/mol. The van der Waals surface area contributed by atoms with Gasteiger partial charge in [0.15, 0.2) is 5.78 Å². The summed E-state index contributed by atoms with van der Waals surface area (Å²) >= 11 is 1.60. The quantitative estimate of drug-likeness (QED) is 0.523. The molecule has 0 aliphatic heterocycles. The van der Waals surface area contributed by atoms with Crippen LogP contribution in [0, 0.1) is 17.8 Å². The average Bonchev–Trinajstić information content (AvgIpc) is 2.45. The molecule has 0 spiro atoms. The molecule has 0 aliphatic rings. The van der Waals surface area contributed by atoms with E-state index in [1.165, 1.54) is 0 Å². The maximum Gasteiger partial charge on any atom is 0.307 e. The van der Waals surface area contributed by atoms with Crippen molar-refractivity contribution in [1.82, 2.24) is 5.32 Å². The summed E-state index contributed by atoms with van der Waals surface area (Å²) < 4.78 is 0. The fraction of sp³-hybridized carbons (Fsp3) is 0.812. The number of Topliss-reactive ketones (excluding diaryl/α,β-unsaturated/α-hetero) is 1. The van der Waals surface area contributed by atoms with Crippen LogP contribution in [0.2, 0.25) is 0 Å². The number of carbonyl (C=O) groups excluding carboxylic acids is 2. The van der Waals surface area contributed by atoms with Crippen LogP contribution in [0.1, 0.15) is 40.5 Å². The van der Waals surface area contributed by atoms with Crippen molar-refractivity contribution < 1.29 is 19.5 Å². The lowest BCUT2D eigenvalue weighted by Gasteiger charge is -2.25.